The van der Waals surface area contributed by atoms with Crippen LogP contribution >= 0.6 is 0 Å². The molecule has 0 fully saturated rings. The third-order valence-electron chi connectivity index (χ3n) is 3.64. The monoisotopic (exact) mass is 320 g/mol. The summed E-state index contributed by atoms with van der Waals surface area (Å²) < 4.78 is 0. The largest absolute Gasteiger partial charge is 0.506 e. The lowest BCUT2D eigenvalue weighted by atomic mass is 10.0. The van der Waals surface area contributed by atoms with Gasteiger partial charge in [0.2, 0.25) is 0 Å². The predicted molar refractivity (Wildman–Crippen MR) is 89.3 cm³/mol. The molecular weight excluding hydrogens is 304 g/mol. The maximum atomic E-state index is 12.2. The minimum absolute atomic E-state index is 0.0373. The van der Waals surface area contributed by atoms with Crippen molar-refractivity contribution in [1.29, 1.82) is 0 Å². The van der Waals surface area contributed by atoms with Crippen LogP contribution in [0, 0.1) is 0 Å². The summed E-state index contributed by atoms with van der Waals surface area (Å²) in [6, 6.07) is 9.04. The van der Waals surface area contributed by atoms with Crippen molar-refractivity contribution in [3.63, 3.8) is 0 Å². The normalized spacial score (nSPS) is 11.7. The van der Waals surface area contributed by atoms with E-state index in [0.717, 1.165) is 16.7 Å². The number of nitrogens with zero attached hydrogens (tertiary/aromatic N) is 3. The number of rotatable bonds is 4. The van der Waals surface area contributed by atoms with Crippen molar-refractivity contribution in [3.8, 4) is 16.9 Å². The Bertz CT molecular complexity index is 835. The van der Waals surface area contributed by atoms with Crippen molar-refractivity contribution >= 4 is 5.91 Å². The average molecular weight is 320 g/mol. The SMILES string of the molecule is C[C@H](NC(=O)c1cncc(O)c1)c1ccc(-c2cncnc2)cc1. The van der Waals surface area contributed by atoms with Crippen LogP contribution in [-0.4, -0.2) is 26.0 Å². The lowest BCUT2D eigenvalue weighted by molar-refractivity contribution is 0.0939. The Balaban J connectivity index is 1.71. The van der Waals surface area contributed by atoms with Crippen LogP contribution in [-0.2, 0) is 0 Å². The molecule has 2 aromatic heterocycles. The fourth-order valence-corrected chi connectivity index (χ4v) is 2.33. The molecule has 0 aliphatic heterocycles. The van der Waals surface area contributed by atoms with Gasteiger partial charge in [0.05, 0.1) is 17.8 Å². The van der Waals surface area contributed by atoms with E-state index >= 15 is 0 Å². The highest BCUT2D eigenvalue weighted by atomic mass is 16.3. The van der Waals surface area contributed by atoms with Gasteiger partial charge in [-0.2, -0.15) is 0 Å². The molecule has 1 atom stereocenters. The second-order valence-corrected chi connectivity index (χ2v) is 5.38. The molecule has 1 amide bonds. The molecule has 0 spiro atoms. The van der Waals surface area contributed by atoms with Gasteiger partial charge < -0.3 is 10.4 Å². The van der Waals surface area contributed by atoms with E-state index in [1.54, 1.807) is 12.4 Å². The Hall–Kier alpha value is -3.28. The molecular formula is C18H16N4O2. The molecule has 24 heavy (non-hydrogen) atoms. The van der Waals surface area contributed by atoms with Gasteiger partial charge >= 0.3 is 0 Å². The Morgan fingerprint density at radius 1 is 1.00 bits per heavy atom. The van der Waals surface area contributed by atoms with Crippen molar-refractivity contribution in [3.05, 3.63) is 72.6 Å². The zero-order chi connectivity index (χ0) is 16.9. The molecule has 3 aromatic rings. The Labute approximate surface area is 139 Å². The molecule has 120 valence electrons. The lowest BCUT2D eigenvalue weighted by Gasteiger charge is -2.15. The Morgan fingerprint density at radius 3 is 2.38 bits per heavy atom. The van der Waals surface area contributed by atoms with Crippen molar-refractivity contribution in [2.45, 2.75) is 13.0 Å². The fourth-order valence-electron chi connectivity index (χ4n) is 2.33. The Kier molecular flexibility index (Phi) is 4.47. The van der Waals surface area contributed by atoms with Crippen molar-refractivity contribution < 1.29 is 9.90 Å². The minimum atomic E-state index is -0.286. The molecule has 3 rings (SSSR count). The number of nitrogens with one attached hydrogen (secondary N) is 1. The number of aromatic nitrogens is 3. The second-order valence-electron chi connectivity index (χ2n) is 5.38. The van der Waals surface area contributed by atoms with E-state index in [0.29, 0.717) is 5.56 Å². The van der Waals surface area contributed by atoms with Gasteiger partial charge in [0, 0.05) is 24.2 Å². The summed E-state index contributed by atoms with van der Waals surface area (Å²) >= 11 is 0. The number of amides is 1. The predicted octanol–water partition coefficient (Wildman–Crippen LogP) is 2.74. The molecule has 0 saturated heterocycles. The molecule has 1 aromatic carbocycles. The van der Waals surface area contributed by atoms with Gasteiger partial charge in [-0.15, -0.1) is 0 Å². The summed E-state index contributed by atoms with van der Waals surface area (Å²) in [7, 11) is 0. The lowest BCUT2D eigenvalue weighted by Crippen LogP contribution is -2.26. The van der Waals surface area contributed by atoms with E-state index in [9.17, 15) is 9.90 Å². The highest BCUT2D eigenvalue weighted by Gasteiger charge is 2.12. The third-order valence-corrected chi connectivity index (χ3v) is 3.64. The highest BCUT2D eigenvalue weighted by Crippen LogP contribution is 2.21. The summed E-state index contributed by atoms with van der Waals surface area (Å²) in [6.45, 7) is 1.90. The van der Waals surface area contributed by atoms with E-state index in [2.05, 4.69) is 20.3 Å². The van der Waals surface area contributed by atoms with Crippen LogP contribution in [0.25, 0.3) is 11.1 Å². The molecule has 6 nitrogen and oxygen atoms in total. The molecule has 2 N–H and O–H groups in total. The molecule has 0 saturated carbocycles. The molecule has 2 heterocycles. The minimum Gasteiger partial charge on any atom is -0.506 e. The molecule has 0 bridgehead atoms. The standard InChI is InChI=1S/C18H16N4O2/c1-12(22-18(24)15-6-17(23)10-19-7-15)13-2-4-14(5-3-13)16-8-20-11-21-9-16/h2-12,23H,1H3,(H,22,24)/t12-/m0/s1. The number of hydrogen-bond acceptors (Lipinski definition) is 5. The third kappa shape index (κ3) is 3.55. The number of carbonyl (C=O) groups is 1. The van der Waals surface area contributed by atoms with Gasteiger partial charge in [0.1, 0.15) is 12.1 Å². The maximum absolute atomic E-state index is 12.2. The number of hydrogen-bond donors (Lipinski definition) is 2. The van der Waals surface area contributed by atoms with Crippen LogP contribution in [0.2, 0.25) is 0 Å². The first-order valence-electron chi connectivity index (χ1n) is 7.44. The molecule has 0 aliphatic rings. The summed E-state index contributed by atoms with van der Waals surface area (Å²) in [5, 5.41) is 12.3. The van der Waals surface area contributed by atoms with Crippen LogP contribution in [0.5, 0.6) is 5.75 Å². The first kappa shape index (κ1) is 15.6. The summed E-state index contributed by atoms with van der Waals surface area (Å²) in [5.74, 6) is -0.323. The van der Waals surface area contributed by atoms with Gasteiger partial charge in [-0.05, 0) is 24.1 Å². The van der Waals surface area contributed by atoms with Crippen LogP contribution in [0.1, 0.15) is 28.9 Å². The maximum Gasteiger partial charge on any atom is 0.253 e. The fraction of sp³-hybridized carbons (Fsp3) is 0.111. The molecule has 0 radical (unpaired) electrons. The quantitative estimate of drug-likeness (QED) is 0.771. The van der Waals surface area contributed by atoms with E-state index in [1.807, 2.05) is 31.2 Å². The van der Waals surface area contributed by atoms with E-state index in [4.69, 9.17) is 0 Å². The molecule has 0 unspecified atom stereocenters. The number of benzene rings is 1. The number of carbonyl (C=O) groups excluding carboxylic acids is 1. The van der Waals surface area contributed by atoms with E-state index < -0.39 is 0 Å². The number of pyridine rings is 1. The topological polar surface area (TPSA) is 88.0 Å². The molecule has 6 heteroatoms. The van der Waals surface area contributed by atoms with Crippen LogP contribution in [0.15, 0.2) is 61.4 Å². The zero-order valence-electron chi connectivity index (χ0n) is 13.0. The smallest absolute Gasteiger partial charge is 0.253 e. The summed E-state index contributed by atoms with van der Waals surface area (Å²) in [4.78, 5) is 24.0. The number of aromatic hydroxyl groups is 1. The second kappa shape index (κ2) is 6.87. The van der Waals surface area contributed by atoms with Crippen LogP contribution in [0.3, 0.4) is 0 Å². The van der Waals surface area contributed by atoms with E-state index in [-0.39, 0.29) is 17.7 Å². The highest BCUT2D eigenvalue weighted by molar-refractivity contribution is 5.94. The van der Waals surface area contributed by atoms with Crippen molar-refractivity contribution in [2.24, 2.45) is 0 Å². The average Bonchev–Trinajstić information content (AvgIpc) is 2.62. The van der Waals surface area contributed by atoms with Crippen LogP contribution in [0.4, 0.5) is 0 Å². The zero-order valence-corrected chi connectivity index (χ0v) is 13.0. The summed E-state index contributed by atoms with van der Waals surface area (Å²) in [5.41, 5.74) is 3.23. The first-order chi connectivity index (χ1) is 11.6. The van der Waals surface area contributed by atoms with E-state index in [1.165, 1.54) is 24.8 Å². The van der Waals surface area contributed by atoms with Crippen molar-refractivity contribution in [1.82, 2.24) is 20.3 Å². The van der Waals surface area contributed by atoms with Gasteiger partial charge in [-0.1, -0.05) is 24.3 Å². The summed E-state index contributed by atoms with van der Waals surface area (Å²) in [6.07, 6.45) is 7.70. The van der Waals surface area contributed by atoms with Crippen LogP contribution < -0.4 is 5.32 Å². The van der Waals surface area contributed by atoms with Gasteiger partial charge in [0.15, 0.2) is 0 Å². The van der Waals surface area contributed by atoms with Crippen molar-refractivity contribution in [2.75, 3.05) is 0 Å². The van der Waals surface area contributed by atoms with Gasteiger partial charge in [-0.25, -0.2) is 9.97 Å². The van der Waals surface area contributed by atoms with Gasteiger partial charge in [-0.3, -0.25) is 9.78 Å². The first-order valence-corrected chi connectivity index (χ1v) is 7.44. The Morgan fingerprint density at radius 2 is 1.71 bits per heavy atom. The molecule has 0 aliphatic carbocycles. The van der Waals surface area contributed by atoms with Gasteiger partial charge in [0.25, 0.3) is 5.91 Å².